The number of carbonyl (C=O) groups is 1. The summed E-state index contributed by atoms with van der Waals surface area (Å²) < 4.78 is 7.30. The highest BCUT2D eigenvalue weighted by Crippen LogP contribution is 2.34. The molecule has 0 radical (unpaired) electrons. The van der Waals surface area contributed by atoms with E-state index in [2.05, 4.69) is 4.99 Å². The molecule has 0 atom stereocenters. The van der Waals surface area contributed by atoms with E-state index in [0.29, 0.717) is 28.2 Å². The molecule has 3 heterocycles. The number of likely N-dealkylation sites (N-methyl/N-ethyl adjacent to an activating group) is 1. The van der Waals surface area contributed by atoms with E-state index in [1.54, 1.807) is 23.6 Å². The molecule has 0 unspecified atom stereocenters. The van der Waals surface area contributed by atoms with Crippen molar-refractivity contribution in [2.75, 3.05) is 30.6 Å². The van der Waals surface area contributed by atoms with Gasteiger partial charge in [0, 0.05) is 18.3 Å². The molecule has 0 aliphatic carbocycles. The van der Waals surface area contributed by atoms with Gasteiger partial charge >= 0.3 is 0 Å². The van der Waals surface area contributed by atoms with Gasteiger partial charge in [-0.15, -0.1) is 0 Å². The molecule has 0 spiro atoms. The molecule has 3 aromatic rings. The second-order valence-electron chi connectivity index (χ2n) is 7.39. The monoisotopic (exact) mass is 420 g/mol. The van der Waals surface area contributed by atoms with Gasteiger partial charge in [0.1, 0.15) is 23.6 Å². The number of thiazole rings is 1. The summed E-state index contributed by atoms with van der Waals surface area (Å²) in [5.74, 6) is 0.622. The van der Waals surface area contributed by atoms with Crippen LogP contribution in [-0.2, 0) is 11.5 Å². The third kappa shape index (κ3) is 2.75. The molecule has 8 heteroatoms. The number of methoxy groups -OCH3 is 1. The van der Waals surface area contributed by atoms with Gasteiger partial charge in [-0.2, -0.15) is 0 Å². The van der Waals surface area contributed by atoms with Crippen molar-refractivity contribution >= 4 is 34.2 Å². The highest BCUT2D eigenvalue weighted by atomic mass is 32.1. The lowest BCUT2D eigenvalue weighted by Crippen LogP contribution is -2.43. The normalized spacial score (nSPS) is 17.0. The second-order valence-corrected chi connectivity index (χ2v) is 8.36. The Morgan fingerprint density at radius 3 is 2.60 bits per heavy atom. The van der Waals surface area contributed by atoms with Crippen LogP contribution >= 0.6 is 11.3 Å². The first-order chi connectivity index (χ1) is 14.5. The Kier molecular flexibility index (Phi) is 4.25. The molecule has 0 N–H and O–H groups in total. The van der Waals surface area contributed by atoms with E-state index in [-0.39, 0.29) is 11.5 Å². The fraction of sp³-hybridized carbons (Fsp3) is 0.227. The molecule has 152 valence electrons. The lowest BCUT2D eigenvalue weighted by atomic mass is 10.1. The van der Waals surface area contributed by atoms with Crippen molar-refractivity contribution in [1.82, 2.24) is 4.57 Å². The third-order valence-corrected chi connectivity index (χ3v) is 6.63. The number of fused-ring (bicyclic) bond motifs is 2. The number of nitrogens with zero attached hydrogens (tertiary/aromatic N) is 4. The Balaban J connectivity index is 1.63. The molecule has 2 aliphatic rings. The number of carbonyl (C=O) groups excluding carboxylic acids is 1. The Bertz CT molecular complexity index is 1350. The zero-order valence-corrected chi connectivity index (χ0v) is 17.7. The summed E-state index contributed by atoms with van der Waals surface area (Å²) in [4.78, 5) is 35.1. The van der Waals surface area contributed by atoms with E-state index in [4.69, 9.17) is 4.74 Å². The van der Waals surface area contributed by atoms with E-state index in [1.807, 2.05) is 54.3 Å². The van der Waals surface area contributed by atoms with Gasteiger partial charge in [-0.1, -0.05) is 23.0 Å². The molecule has 2 aromatic carbocycles. The first-order valence-electron chi connectivity index (χ1n) is 9.54. The summed E-state index contributed by atoms with van der Waals surface area (Å²) in [5.41, 5.74) is 3.93. The second kappa shape index (κ2) is 6.84. The molecule has 7 nitrogen and oxygen atoms in total. The minimum atomic E-state index is -0.178. The predicted octanol–water partition coefficient (Wildman–Crippen LogP) is 1.46. The summed E-state index contributed by atoms with van der Waals surface area (Å²) in [6, 6.07) is 13.5. The van der Waals surface area contributed by atoms with Crippen LogP contribution in [0.1, 0.15) is 11.1 Å². The van der Waals surface area contributed by atoms with Crippen LogP contribution in [0.2, 0.25) is 0 Å². The van der Waals surface area contributed by atoms with Crippen LogP contribution in [-0.4, -0.2) is 31.3 Å². The first-order valence-corrected chi connectivity index (χ1v) is 10.4. The summed E-state index contributed by atoms with van der Waals surface area (Å²) in [6.07, 6.45) is 0. The van der Waals surface area contributed by atoms with Gasteiger partial charge in [-0.05, 0) is 43.3 Å². The van der Waals surface area contributed by atoms with Crippen LogP contribution in [0.5, 0.6) is 5.75 Å². The van der Waals surface area contributed by atoms with Crippen molar-refractivity contribution in [3.8, 4) is 5.75 Å². The topological polar surface area (TPSA) is 67.1 Å². The van der Waals surface area contributed by atoms with Gasteiger partial charge in [0.25, 0.3) is 11.5 Å². The summed E-state index contributed by atoms with van der Waals surface area (Å²) in [6.45, 7) is 2.82. The van der Waals surface area contributed by atoms with Gasteiger partial charge in [0.15, 0.2) is 4.80 Å². The number of hydrogen-bond donors (Lipinski definition) is 0. The molecule has 1 amide bonds. The number of ether oxygens (including phenoxy) is 1. The number of aryl methyl sites for hydroxylation is 1. The zero-order valence-electron chi connectivity index (χ0n) is 16.9. The maximum atomic E-state index is 13.3. The zero-order chi connectivity index (χ0) is 21.0. The molecule has 5 rings (SSSR count). The Morgan fingerprint density at radius 1 is 1.10 bits per heavy atom. The van der Waals surface area contributed by atoms with Crippen LogP contribution in [0.25, 0.3) is 5.57 Å². The van der Waals surface area contributed by atoms with Crippen LogP contribution in [0.15, 0.2) is 52.3 Å². The molecule has 1 aromatic heterocycles. The smallest absolute Gasteiger partial charge is 0.272 e. The van der Waals surface area contributed by atoms with E-state index in [1.165, 1.54) is 11.3 Å². The van der Waals surface area contributed by atoms with Crippen molar-refractivity contribution in [2.24, 2.45) is 4.99 Å². The lowest BCUT2D eigenvalue weighted by Gasteiger charge is -2.25. The quantitative estimate of drug-likeness (QED) is 0.630. The van der Waals surface area contributed by atoms with E-state index >= 15 is 0 Å². The van der Waals surface area contributed by atoms with E-state index in [9.17, 15) is 9.59 Å². The fourth-order valence-electron chi connectivity index (χ4n) is 3.87. The molecule has 30 heavy (non-hydrogen) atoms. The minimum Gasteiger partial charge on any atom is -0.497 e. The van der Waals surface area contributed by atoms with Gasteiger partial charge in [0.2, 0.25) is 0 Å². The number of anilines is 2. The number of aromatic nitrogens is 1. The van der Waals surface area contributed by atoms with Gasteiger partial charge < -0.3 is 14.5 Å². The average molecular weight is 420 g/mol. The van der Waals surface area contributed by atoms with Crippen molar-refractivity contribution in [1.29, 1.82) is 0 Å². The highest BCUT2D eigenvalue weighted by molar-refractivity contribution is 7.07. The molecule has 0 saturated heterocycles. The summed E-state index contributed by atoms with van der Waals surface area (Å²) >= 11 is 1.29. The molecular formula is C22H20N4O3S. The van der Waals surface area contributed by atoms with Crippen molar-refractivity contribution in [3.63, 3.8) is 0 Å². The van der Waals surface area contributed by atoms with Gasteiger partial charge in [-0.3, -0.25) is 14.2 Å². The van der Waals surface area contributed by atoms with Gasteiger partial charge in [0.05, 0.1) is 18.4 Å². The van der Waals surface area contributed by atoms with Crippen LogP contribution < -0.4 is 29.4 Å². The summed E-state index contributed by atoms with van der Waals surface area (Å²) in [5, 5.41) is 0. The lowest BCUT2D eigenvalue weighted by molar-refractivity contribution is -0.112. The van der Waals surface area contributed by atoms with Crippen molar-refractivity contribution < 1.29 is 9.53 Å². The van der Waals surface area contributed by atoms with Crippen molar-refractivity contribution in [2.45, 2.75) is 13.6 Å². The molecule has 0 saturated carbocycles. The largest absolute Gasteiger partial charge is 0.497 e. The van der Waals surface area contributed by atoms with Crippen LogP contribution in [0.4, 0.5) is 11.4 Å². The standard InChI is InChI=1S/C22H20N4O3S/c1-13-4-9-17-16(10-13)18(20(27)24(17)2)19-21(28)26-12-25(11-23-22(26)30-19)14-5-7-15(29-3)8-6-14/h4-10H,11-12H2,1-3H3/b19-18-. The third-order valence-electron chi connectivity index (χ3n) is 5.52. The molecular weight excluding hydrogens is 400 g/mol. The highest BCUT2D eigenvalue weighted by Gasteiger charge is 2.32. The maximum absolute atomic E-state index is 13.3. The van der Waals surface area contributed by atoms with Crippen molar-refractivity contribution in [3.05, 3.63) is 73.3 Å². The number of benzene rings is 2. The molecule has 0 fully saturated rings. The maximum Gasteiger partial charge on any atom is 0.272 e. The van der Waals surface area contributed by atoms with Crippen LogP contribution in [0.3, 0.4) is 0 Å². The Labute approximate surface area is 176 Å². The molecule has 2 aliphatic heterocycles. The first kappa shape index (κ1) is 18.6. The van der Waals surface area contributed by atoms with E-state index < -0.39 is 0 Å². The van der Waals surface area contributed by atoms with Crippen LogP contribution in [0, 0.1) is 6.92 Å². The summed E-state index contributed by atoms with van der Waals surface area (Å²) in [7, 11) is 3.37. The molecule has 0 bridgehead atoms. The SMILES string of the molecule is COc1ccc(N2CN=c3s/c(=C4\C(=O)N(C)c5ccc(C)cc54)c(=O)n3C2)cc1. The average Bonchev–Trinajstić information content (AvgIpc) is 3.21. The predicted molar refractivity (Wildman–Crippen MR) is 117 cm³/mol. The Morgan fingerprint density at radius 2 is 1.87 bits per heavy atom. The number of hydrogen-bond acceptors (Lipinski definition) is 6. The Hall–Kier alpha value is -3.39. The minimum absolute atomic E-state index is 0.154. The number of rotatable bonds is 2. The van der Waals surface area contributed by atoms with Gasteiger partial charge in [-0.25, -0.2) is 4.99 Å². The van der Waals surface area contributed by atoms with E-state index in [0.717, 1.165) is 28.3 Å². The fourth-order valence-corrected chi connectivity index (χ4v) is 4.92. The number of amides is 1.